The quantitative estimate of drug-likeness (QED) is 0.725. The first-order chi connectivity index (χ1) is 9.67. The molecule has 2 aromatic carbocycles. The van der Waals surface area contributed by atoms with Crippen LogP contribution >= 0.6 is 0 Å². The highest BCUT2D eigenvalue weighted by atomic mass is 16.5. The Balaban J connectivity index is 2.22. The largest absolute Gasteiger partial charge is 0.497 e. The number of hydrogen-bond donors (Lipinski definition) is 1. The van der Waals surface area contributed by atoms with Crippen LogP contribution in [0.15, 0.2) is 57.7 Å². The number of anilines is 1. The number of fused-ring (bicyclic) bond motifs is 1. The van der Waals surface area contributed by atoms with Crippen LogP contribution in [0.2, 0.25) is 0 Å². The van der Waals surface area contributed by atoms with E-state index < -0.39 is 0 Å². The van der Waals surface area contributed by atoms with Crippen LogP contribution < -0.4 is 15.9 Å². The second-order valence-electron chi connectivity index (χ2n) is 4.46. The molecular formula is C16H13NO3. The van der Waals surface area contributed by atoms with Gasteiger partial charge in [0.25, 0.3) is 0 Å². The average Bonchev–Trinajstić information content (AvgIpc) is 2.47. The molecule has 2 N–H and O–H groups in total. The summed E-state index contributed by atoms with van der Waals surface area (Å²) in [6, 6.07) is 13.8. The Bertz CT molecular complexity index is 819. The summed E-state index contributed by atoms with van der Waals surface area (Å²) in [6.45, 7) is 0. The fourth-order valence-corrected chi connectivity index (χ4v) is 2.05. The predicted octanol–water partition coefficient (Wildman–Crippen LogP) is 3.05. The van der Waals surface area contributed by atoms with Gasteiger partial charge in [0.2, 0.25) is 0 Å². The van der Waals surface area contributed by atoms with E-state index >= 15 is 0 Å². The van der Waals surface area contributed by atoms with Gasteiger partial charge in [0.05, 0.1) is 12.5 Å². The minimum atomic E-state index is -0.0827. The lowest BCUT2D eigenvalue weighted by atomic mass is 10.1. The third-order valence-electron chi connectivity index (χ3n) is 3.13. The first kappa shape index (κ1) is 12.3. The van der Waals surface area contributed by atoms with Gasteiger partial charge in [-0.25, -0.2) is 0 Å². The maximum Gasteiger partial charge on any atom is 0.193 e. The van der Waals surface area contributed by atoms with Crippen molar-refractivity contribution in [3.63, 3.8) is 0 Å². The van der Waals surface area contributed by atoms with E-state index in [1.807, 2.05) is 12.1 Å². The molecule has 3 aromatic rings. The normalized spacial score (nSPS) is 10.7. The monoisotopic (exact) mass is 267 g/mol. The van der Waals surface area contributed by atoms with E-state index in [0.717, 1.165) is 5.56 Å². The van der Waals surface area contributed by atoms with Crippen LogP contribution in [-0.4, -0.2) is 7.11 Å². The molecule has 0 saturated carbocycles. The molecule has 0 amide bonds. The number of rotatable bonds is 2. The number of benzene rings is 2. The first-order valence-corrected chi connectivity index (χ1v) is 6.15. The van der Waals surface area contributed by atoms with Gasteiger partial charge in [0.1, 0.15) is 17.1 Å². The summed E-state index contributed by atoms with van der Waals surface area (Å²) < 4.78 is 10.9. The summed E-state index contributed by atoms with van der Waals surface area (Å²) in [5, 5.41) is 0.532. The fraction of sp³-hybridized carbons (Fsp3) is 0.0625. The summed E-state index contributed by atoms with van der Waals surface area (Å²) >= 11 is 0. The molecule has 0 aliphatic carbocycles. The molecule has 0 aliphatic heterocycles. The van der Waals surface area contributed by atoms with Crippen LogP contribution in [0.4, 0.5) is 5.69 Å². The Morgan fingerprint density at radius 1 is 1.05 bits per heavy atom. The molecule has 100 valence electrons. The van der Waals surface area contributed by atoms with Gasteiger partial charge < -0.3 is 14.9 Å². The van der Waals surface area contributed by atoms with E-state index in [1.165, 1.54) is 6.07 Å². The molecule has 0 bridgehead atoms. The van der Waals surface area contributed by atoms with Gasteiger partial charge in [-0.05, 0) is 36.4 Å². The molecule has 0 atom stereocenters. The van der Waals surface area contributed by atoms with E-state index in [-0.39, 0.29) is 5.43 Å². The molecule has 0 saturated heterocycles. The van der Waals surface area contributed by atoms with Crippen LogP contribution in [-0.2, 0) is 0 Å². The predicted molar refractivity (Wildman–Crippen MR) is 78.9 cm³/mol. The fourth-order valence-electron chi connectivity index (χ4n) is 2.05. The van der Waals surface area contributed by atoms with Crippen LogP contribution in [0.3, 0.4) is 0 Å². The maximum atomic E-state index is 12.1. The molecule has 0 aliphatic rings. The maximum absolute atomic E-state index is 12.1. The van der Waals surface area contributed by atoms with Gasteiger partial charge in [0.15, 0.2) is 5.43 Å². The number of nitrogen functional groups attached to an aromatic ring is 1. The van der Waals surface area contributed by atoms with Crippen molar-refractivity contribution in [1.29, 1.82) is 0 Å². The zero-order chi connectivity index (χ0) is 14.1. The Morgan fingerprint density at radius 2 is 1.80 bits per heavy atom. The Hall–Kier alpha value is -2.75. The molecule has 1 heterocycles. The molecule has 0 radical (unpaired) electrons. The SMILES string of the molecule is COc1ccc2c(=O)cc(-c3ccc(N)cc3)oc2c1. The standard InChI is InChI=1S/C16H13NO3/c1-19-12-6-7-13-14(18)9-15(20-16(13)8-12)10-2-4-11(17)5-3-10/h2-9H,17H2,1H3. The molecule has 0 spiro atoms. The minimum Gasteiger partial charge on any atom is -0.497 e. The molecule has 4 heteroatoms. The third kappa shape index (κ3) is 2.12. The van der Waals surface area contributed by atoms with Gasteiger partial charge in [-0.2, -0.15) is 0 Å². The molecule has 20 heavy (non-hydrogen) atoms. The lowest BCUT2D eigenvalue weighted by molar-refractivity contribution is 0.414. The second kappa shape index (κ2) is 4.74. The number of ether oxygens (including phenoxy) is 1. The van der Waals surface area contributed by atoms with Gasteiger partial charge in [-0.3, -0.25) is 4.79 Å². The average molecular weight is 267 g/mol. The smallest absolute Gasteiger partial charge is 0.193 e. The summed E-state index contributed by atoms with van der Waals surface area (Å²) in [5.74, 6) is 1.16. The first-order valence-electron chi connectivity index (χ1n) is 6.15. The van der Waals surface area contributed by atoms with Gasteiger partial charge in [-0.15, -0.1) is 0 Å². The Kier molecular flexibility index (Phi) is 2.91. The zero-order valence-electron chi connectivity index (χ0n) is 10.9. The zero-order valence-corrected chi connectivity index (χ0v) is 10.9. The van der Waals surface area contributed by atoms with Crippen molar-refractivity contribution in [2.24, 2.45) is 0 Å². The molecule has 0 fully saturated rings. The van der Waals surface area contributed by atoms with E-state index in [0.29, 0.717) is 28.2 Å². The number of nitrogens with two attached hydrogens (primary N) is 1. The van der Waals surface area contributed by atoms with Gasteiger partial charge >= 0.3 is 0 Å². The van der Waals surface area contributed by atoms with Gasteiger partial charge in [-0.1, -0.05) is 0 Å². The summed E-state index contributed by atoms with van der Waals surface area (Å²) in [7, 11) is 1.57. The van der Waals surface area contributed by atoms with Crippen molar-refractivity contribution >= 4 is 16.7 Å². The topological polar surface area (TPSA) is 65.5 Å². The molecular weight excluding hydrogens is 254 g/mol. The van der Waals surface area contributed by atoms with Crippen LogP contribution in [0.1, 0.15) is 0 Å². The van der Waals surface area contributed by atoms with E-state index in [2.05, 4.69) is 0 Å². The van der Waals surface area contributed by atoms with Crippen molar-refractivity contribution in [2.45, 2.75) is 0 Å². The summed E-state index contributed by atoms with van der Waals surface area (Å²) in [5.41, 5.74) is 7.55. The Morgan fingerprint density at radius 3 is 2.50 bits per heavy atom. The van der Waals surface area contributed by atoms with E-state index in [9.17, 15) is 4.79 Å². The highest BCUT2D eigenvalue weighted by Crippen LogP contribution is 2.25. The highest BCUT2D eigenvalue weighted by molar-refractivity contribution is 5.80. The van der Waals surface area contributed by atoms with Crippen LogP contribution in [0.5, 0.6) is 5.75 Å². The molecule has 3 rings (SSSR count). The second-order valence-corrected chi connectivity index (χ2v) is 4.46. The van der Waals surface area contributed by atoms with Crippen molar-refractivity contribution in [1.82, 2.24) is 0 Å². The van der Waals surface area contributed by atoms with E-state index in [1.54, 1.807) is 37.4 Å². The molecule has 4 nitrogen and oxygen atoms in total. The summed E-state index contributed by atoms with van der Waals surface area (Å²) in [6.07, 6.45) is 0. The number of hydrogen-bond acceptors (Lipinski definition) is 4. The molecule has 0 unspecified atom stereocenters. The third-order valence-corrected chi connectivity index (χ3v) is 3.13. The van der Waals surface area contributed by atoms with Crippen molar-refractivity contribution in [3.8, 4) is 17.1 Å². The van der Waals surface area contributed by atoms with Crippen molar-refractivity contribution in [3.05, 3.63) is 58.8 Å². The number of methoxy groups -OCH3 is 1. The van der Waals surface area contributed by atoms with Crippen molar-refractivity contribution < 1.29 is 9.15 Å². The van der Waals surface area contributed by atoms with Crippen molar-refractivity contribution in [2.75, 3.05) is 12.8 Å². The van der Waals surface area contributed by atoms with Crippen LogP contribution in [0.25, 0.3) is 22.3 Å². The molecule has 1 aromatic heterocycles. The lowest BCUT2D eigenvalue weighted by Gasteiger charge is -2.05. The Labute approximate surface area is 115 Å². The van der Waals surface area contributed by atoms with Gasteiger partial charge in [0, 0.05) is 23.4 Å². The minimum absolute atomic E-state index is 0.0827. The summed E-state index contributed by atoms with van der Waals surface area (Å²) in [4.78, 5) is 12.1. The highest BCUT2D eigenvalue weighted by Gasteiger charge is 2.07. The van der Waals surface area contributed by atoms with E-state index in [4.69, 9.17) is 14.9 Å². The lowest BCUT2D eigenvalue weighted by Crippen LogP contribution is -2.00. The van der Waals surface area contributed by atoms with Crippen LogP contribution in [0, 0.1) is 0 Å².